The van der Waals surface area contributed by atoms with Crippen LogP contribution in [0.2, 0.25) is 0 Å². The van der Waals surface area contributed by atoms with Crippen molar-refractivity contribution in [2.45, 2.75) is 31.7 Å². The van der Waals surface area contributed by atoms with Crippen LogP contribution in [0.25, 0.3) is 0 Å². The van der Waals surface area contributed by atoms with Crippen LogP contribution in [-0.2, 0) is 0 Å². The third-order valence-electron chi connectivity index (χ3n) is 3.02. The Kier molecular flexibility index (Phi) is 4.02. The molecular weight excluding hydrogens is 148 g/mol. The van der Waals surface area contributed by atoms with Gasteiger partial charge in [-0.05, 0) is 39.9 Å². The minimum absolute atomic E-state index is 0.748. The van der Waals surface area contributed by atoms with E-state index in [0.29, 0.717) is 0 Å². The van der Waals surface area contributed by atoms with Crippen molar-refractivity contribution in [2.24, 2.45) is 5.92 Å². The Hall–Kier alpha value is -0.0800. The van der Waals surface area contributed by atoms with E-state index in [2.05, 4.69) is 24.3 Å². The normalized spacial score (nSPS) is 22.0. The fourth-order valence-electron chi connectivity index (χ4n) is 2.32. The van der Waals surface area contributed by atoms with Gasteiger partial charge in [0, 0.05) is 12.6 Å². The first-order valence-corrected chi connectivity index (χ1v) is 5.06. The average molecular weight is 170 g/mol. The van der Waals surface area contributed by atoms with E-state index < -0.39 is 0 Å². The molecule has 2 nitrogen and oxygen atoms in total. The Bertz CT molecular complexity index is 117. The lowest BCUT2D eigenvalue weighted by atomic mass is 9.97. The van der Waals surface area contributed by atoms with Crippen LogP contribution in [0.3, 0.4) is 0 Å². The van der Waals surface area contributed by atoms with E-state index in [-0.39, 0.29) is 0 Å². The van der Waals surface area contributed by atoms with Crippen LogP contribution in [0.4, 0.5) is 0 Å². The van der Waals surface area contributed by atoms with Gasteiger partial charge in [-0.25, -0.2) is 0 Å². The number of nitrogens with zero attached hydrogens (tertiary/aromatic N) is 1. The zero-order valence-corrected chi connectivity index (χ0v) is 8.64. The molecule has 12 heavy (non-hydrogen) atoms. The molecule has 0 saturated heterocycles. The molecule has 0 aromatic rings. The maximum absolute atomic E-state index is 3.28. The van der Waals surface area contributed by atoms with E-state index in [1.54, 1.807) is 0 Å². The Morgan fingerprint density at radius 1 is 1.33 bits per heavy atom. The molecule has 0 heterocycles. The summed E-state index contributed by atoms with van der Waals surface area (Å²) in [6.07, 6.45) is 5.76. The fraction of sp³-hybridized carbons (Fsp3) is 1.00. The summed E-state index contributed by atoms with van der Waals surface area (Å²) in [6, 6.07) is 0.748. The van der Waals surface area contributed by atoms with Crippen LogP contribution in [0.1, 0.15) is 25.7 Å². The van der Waals surface area contributed by atoms with Crippen molar-refractivity contribution in [3.05, 3.63) is 0 Å². The Morgan fingerprint density at radius 2 is 1.92 bits per heavy atom. The highest BCUT2D eigenvalue weighted by molar-refractivity contribution is 4.81. The van der Waals surface area contributed by atoms with E-state index in [0.717, 1.165) is 18.5 Å². The summed E-state index contributed by atoms with van der Waals surface area (Å²) in [5.74, 6) is 0.937. The first-order valence-electron chi connectivity index (χ1n) is 5.06. The summed E-state index contributed by atoms with van der Waals surface area (Å²) >= 11 is 0. The van der Waals surface area contributed by atoms with Crippen LogP contribution in [0.5, 0.6) is 0 Å². The lowest BCUT2D eigenvalue weighted by Crippen LogP contribution is -2.41. The predicted octanol–water partition coefficient (Wildman–Crippen LogP) is 1.33. The fourth-order valence-corrected chi connectivity index (χ4v) is 2.32. The van der Waals surface area contributed by atoms with Gasteiger partial charge < -0.3 is 10.2 Å². The van der Waals surface area contributed by atoms with E-state index in [4.69, 9.17) is 0 Å². The van der Waals surface area contributed by atoms with Crippen LogP contribution < -0.4 is 5.32 Å². The molecule has 1 unspecified atom stereocenters. The van der Waals surface area contributed by atoms with E-state index in [9.17, 15) is 0 Å². The molecule has 1 aliphatic rings. The third-order valence-corrected chi connectivity index (χ3v) is 3.02. The SMILES string of the molecule is CNCC(C1CCCC1)N(C)C. The lowest BCUT2D eigenvalue weighted by Gasteiger charge is -2.29. The smallest absolute Gasteiger partial charge is 0.0242 e. The molecule has 0 bridgehead atoms. The Morgan fingerprint density at radius 3 is 2.33 bits per heavy atom. The van der Waals surface area contributed by atoms with Crippen molar-refractivity contribution in [3.8, 4) is 0 Å². The summed E-state index contributed by atoms with van der Waals surface area (Å²) in [5, 5.41) is 3.28. The van der Waals surface area contributed by atoms with Crippen molar-refractivity contribution >= 4 is 0 Å². The zero-order chi connectivity index (χ0) is 8.97. The molecule has 1 N–H and O–H groups in total. The van der Waals surface area contributed by atoms with Gasteiger partial charge in [-0.2, -0.15) is 0 Å². The Labute approximate surface area is 76.3 Å². The molecule has 0 amide bonds. The van der Waals surface area contributed by atoms with Crippen molar-refractivity contribution in [2.75, 3.05) is 27.7 Å². The molecule has 1 aliphatic carbocycles. The van der Waals surface area contributed by atoms with Gasteiger partial charge >= 0.3 is 0 Å². The van der Waals surface area contributed by atoms with Gasteiger partial charge in [0.15, 0.2) is 0 Å². The molecule has 1 atom stereocenters. The first kappa shape index (κ1) is 10.0. The number of likely N-dealkylation sites (N-methyl/N-ethyl adjacent to an activating group) is 2. The molecule has 1 rings (SSSR count). The topological polar surface area (TPSA) is 15.3 Å². The molecule has 0 radical (unpaired) electrons. The lowest BCUT2D eigenvalue weighted by molar-refractivity contribution is 0.208. The molecule has 0 spiro atoms. The largest absolute Gasteiger partial charge is 0.318 e. The van der Waals surface area contributed by atoms with E-state index in [1.165, 1.54) is 25.7 Å². The molecule has 2 heteroatoms. The number of hydrogen-bond donors (Lipinski definition) is 1. The van der Waals surface area contributed by atoms with Gasteiger partial charge in [-0.15, -0.1) is 0 Å². The summed E-state index contributed by atoms with van der Waals surface area (Å²) in [6.45, 7) is 1.14. The highest BCUT2D eigenvalue weighted by Crippen LogP contribution is 2.29. The maximum Gasteiger partial charge on any atom is 0.0242 e. The second-order valence-corrected chi connectivity index (χ2v) is 4.13. The van der Waals surface area contributed by atoms with Crippen LogP contribution in [-0.4, -0.2) is 38.6 Å². The van der Waals surface area contributed by atoms with Crippen molar-refractivity contribution in [3.63, 3.8) is 0 Å². The van der Waals surface area contributed by atoms with Crippen LogP contribution >= 0.6 is 0 Å². The molecule has 1 fully saturated rings. The minimum atomic E-state index is 0.748. The standard InChI is InChI=1S/C10H22N2/c1-11-8-10(12(2)3)9-6-4-5-7-9/h9-11H,4-8H2,1-3H3. The van der Waals surface area contributed by atoms with Crippen molar-refractivity contribution in [1.82, 2.24) is 10.2 Å². The molecule has 1 saturated carbocycles. The zero-order valence-electron chi connectivity index (χ0n) is 8.64. The first-order chi connectivity index (χ1) is 5.75. The van der Waals surface area contributed by atoms with Gasteiger partial charge in [0.1, 0.15) is 0 Å². The molecule has 0 aromatic carbocycles. The summed E-state index contributed by atoms with van der Waals surface area (Å²) in [5.41, 5.74) is 0. The van der Waals surface area contributed by atoms with Crippen LogP contribution in [0, 0.1) is 5.92 Å². The van der Waals surface area contributed by atoms with Gasteiger partial charge in [0.25, 0.3) is 0 Å². The third kappa shape index (κ3) is 2.46. The molecule has 0 aromatic heterocycles. The molecular formula is C10H22N2. The number of rotatable bonds is 4. The summed E-state index contributed by atoms with van der Waals surface area (Å²) < 4.78 is 0. The highest BCUT2D eigenvalue weighted by Gasteiger charge is 2.25. The minimum Gasteiger partial charge on any atom is -0.318 e. The number of nitrogens with one attached hydrogen (secondary N) is 1. The average Bonchev–Trinajstić information content (AvgIpc) is 2.51. The number of hydrogen-bond acceptors (Lipinski definition) is 2. The monoisotopic (exact) mass is 170 g/mol. The van der Waals surface area contributed by atoms with E-state index in [1.807, 2.05) is 7.05 Å². The second-order valence-electron chi connectivity index (χ2n) is 4.13. The summed E-state index contributed by atoms with van der Waals surface area (Å²) in [4.78, 5) is 2.37. The summed E-state index contributed by atoms with van der Waals surface area (Å²) in [7, 11) is 6.44. The second kappa shape index (κ2) is 4.83. The predicted molar refractivity (Wildman–Crippen MR) is 53.4 cm³/mol. The van der Waals surface area contributed by atoms with Gasteiger partial charge in [0.05, 0.1) is 0 Å². The quantitative estimate of drug-likeness (QED) is 0.684. The maximum atomic E-state index is 3.28. The van der Waals surface area contributed by atoms with Crippen molar-refractivity contribution < 1.29 is 0 Å². The van der Waals surface area contributed by atoms with Gasteiger partial charge in [-0.3, -0.25) is 0 Å². The molecule has 72 valence electrons. The van der Waals surface area contributed by atoms with Gasteiger partial charge in [-0.1, -0.05) is 12.8 Å². The van der Waals surface area contributed by atoms with Gasteiger partial charge in [0.2, 0.25) is 0 Å². The Balaban J connectivity index is 2.40. The highest BCUT2D eigenvalue weighted by atomic mass is 15.1. The van der Waals surface area contributed by atoms with Crippen molar-refractivity contribution in [1.29, 1.82) is 0 Å². The molecule has 0 aliphatic heterocycles. The van der Waals surface area contributed by atoms with E-state index >= 15 is 0 Å². The van der Waals surface area contributed by atoms with Crippen LogP contribution in [0.15, 0.2) is 0 Å².